The van der Waals surface area contributed by atoms with E-state index >= 15 is 0 Å². The molecule has 0 unspecified atom stereocenters. The molecule has 0 saturated carbocycles. The van der Waals surface area contributed by atoms with E-state index in [2.05, 4.69) is 51.0 Å². The Hall–Kier alpha value is -2.47. The van der Waals surface area contributed by atoms with Crippen molar-refractivity contribution >= 4 is 11.9 Å². The zero-order chi connectivity index (χ0) is 16.9. The van der Waals surface area contributed by atoms with Crippen LogP contribution in [-0.2, 0) is 6.54 Å². The summed E-state index contributed by atoms with van der Waals surface area (Å²) in [6.07, 6.45) is 3.79. The molecular weight excluding hydrogens is 304 g/mol. The molecule has 1 aromatic carbocycles. The van der Waals surface area contributed by atoms with Gasteiger partial charge in [0.2, 0.25) is 5.95 Å². The lowest BCUT2D eigenvalue weighted by Crippen LogP contribution is -2.31. The normalized spacial score (nSPS) is 16.0. The second-order valence-corrected chi connectivity index (χ2v) is 6.12. The Kier molecular flexibility index (Phi) is 5.05. The molecule has 3 rings (SSSR count). The highest BCUT2D eigenvalue weighted by Gasteiger charge is 2.18. The summed E-state index contributed by atoms with van der Waals surface area (Å²) in [5, 5.41) is 8.93. The van der Waals surface area contributed by atoms with Gasteiger partial charge >= 0.3 is 5.97 Å². The fraction of sp³-hybridized carbons (Fsp3) is 0.389. The molecule has 1 saturated heterocycles. The average Bonchev–Trinajstić information content (AvgIpc) is 2.83. The van der Waals surface area contributed by atoms with Gasteiger partial charge in [-0.05, 0) is 24.5 Å². The minimum Gasteiger partial charge on any atom is -0.478 e. The van der Waals surface area contributed by atoms with Gasteiger partial charge in [0, 0.05) is 45.1 Å². The lowest BCUT2D eigenvalue weighted by atomic mass is 10.1. The maximum Gasteiger partial charge on any atom is 0.338 e. The quantitative estimate of drug-likeness (QED) is 0.929. The van der Waals surface area contributed by atoms with Gasteiger partial charge in [-0.1, -0.05) is 24.3 Å². The molecule has 1 fully saturated rings. The zero-order valence-electron chi connectivity index (χ0n) is 13.9. The van der Waals surface area contributed by atoms with E-state index in [0.29, 0.717) is 5.95 Å². The molecule has 0 radical (unpaired) electrons. The van der Waals surface area contributed by atoms with Crippen LogP contribution in [0.1, 0.15) is 27.9 Å². The molecule has 0 amide bonds. The molecule has 0 bridgehead atoms. The summed E-state index contributed by atoms with van der Waals surface area (Å²) in [5.41, 5.74) is 2.81. The summed E-state index contributed by atoms with van der Waals surface area (Å²) in [4.78, 5) is 23.9. The first-order chi connectivity index (χ1) is 11.6. The van der Waals surface area contributed by atoms with Crippen LogP contribution < -0.4 is 4.90 Å². The number of hydrogen-bond acceptors (Lipinski definition) is 5. The monoisotopic (exact) mass is 326 g/mol. The van der Waals surface area contributed by atoms with Gasteiger partial charge in [0.05, 0.1) is 5.56 Å². The fourth-order valence-corrected chi connectivity index (χ4v) is 2.95. The Bertz CT molecular complexity index is 702. The standard InChI is InChI=1S/C18H22N4O2/c1-14-5-2-3-6-15(14)13-21-7-4-8-22(10-9-21)18-19-11-16(12-20-18)17(23)24/h2-3,5-6,11-12H,4,7-10,13H2,1H3,(H,23,24). The van der Waals surface area contributed by atoms with Gasteiger partial charge < -0.3 is 10.0 Å². The van der Waals surface area contributed by atoms with Gasteiger partial charge in [0.1, 0.15) is 0 Å². The molecular formula is C18H22N4O2. The van der Waals surface area contributed by atoms with Crippen LogP contribution in [-0.4, -0.2) is 52.1 Å². The van der Waals surface area contributed by atoms with Crippen molar-refractivity contribution in [2.24, 2.45) is 0 Å². The number of aromatic carboxylic acids is 1. The van der Waals surface area contributed by atoms with Crippen LogP contribution in [0.4, 0.5) is 5.95 Å². The number of carbonyl (C=O) groups is 1. The van der Waals surface area contributed by atoms with Gasteiger partial charge in [-0.25, -0.2) is 14.8 Å². The number of nitrogens with zero attached hydrogens (tertiary/aromatic N) is 4. The molecule has 1 aliphatic heterocycles. The number of carboxylic acid groups (broad SMARTS) is 1. The third-order valence-corrected chi connectivity index (χ3v) is 4.41. The average molecular weight is 326 g/mol. The predicted octanol–water partition coefficient (Wildman–Crippen LogP) is 2.20. The van der Waals surface area contributed by atoms with Crippen molar-refractivity contribution in [3.8, 4) is 0 Å². The van der Waals surface area contributed by atoms with E-state index in [4.69, 9.17) is 5.11 Å². The van der Waals surface area contributed by atoms with Crippen molar-refractivity contribution < 1.29 is 9.90 Å². The van der Waals surface area contributed by atoms with Crippen LogP contribution in [0.2, 0.25) is 0 Å². The molecule has 6 nitrogen and oxygen atoms in total. The maximum atomic E-state index is 10.9. The summed E-state index contributed by atoms with van der Waals surface area (Å²) in [6, 6.07) is 8.49. The minimum atomic E-state index is -0.998. The first kappa shape index (κ1) is 16.4. The van der Waals surface area contributed by atoms with Crippen molar-refractivity contribution in [1.82, 2.24) is 14.9 Å². The first-order valence-electron chi connectivity index (χ1n) is 8.20. The number of carboxylic acids is 1. The molecule has 2 heterocycles. The van der Waals surface area contributed by atoms with Gasteiger partial charge in [-0.2, -0.15) is 0 Å². The number of benzene rings is 1. The number of anilines is 1. The van der Waals surface area contributed by atoms with E-state index < -0.39 is 5.97 Å². The van der Waals surface area contributed by atoms with Gasteiger partial charge in [-0.15, -0.1) is 0 Å². The molecule has 24 heavy (non-hydrogen) atoms. The molecule has 126 valence electrons. The van der Waals surface area contributed by atoms with Crippen LogP contribution in [0.15, 0.2) is 36.7 Å². The molecule has 0 aliphatic carbocycles. The summed E-state index contributed by atoms with van der Waals surface area (Å²) < 4.78 is 0. The Morgan fingerprint density at radius 1 is 1.12 bits per heavy atom. The van der Waals surface area contributed by atoms with E-state index in [0.717, 1.165) is 39.1 Å². The fourth-order valence-electron chi connectivity index (χ4n) is 2.95. The predicted molar refractivity (Wildman–Crippen MR) is 92.3 cm³/mol. The molecule has 6 heteroatoms. The molecule has 0 atom stereocenters. The molecule has 1 aliphatic rings. The van der Waals surface area contributed by atoms with Crippen molar-refractivity contribution in [3.63, 3.8) is 0 Å². The molecule has 0 spiro atoms. The second-order valence-electron chi connectivity index (χ2n) is 6.12. The number of aryl methyl sites for hydroxylation is 1. The summed E-state index contributed by atoms with van der Waals surface area (Å²) in [7, 11) is 0. The Morgan fingerprint density at radius 3 is 2.58 bits per heavy atom. The lowest BCUT2D eigenvalue weighted by molar-refractivity contribution is 0.0696. The van der Waals surface area contributed by atoms with Crippen molar-refractivity contribution in [2.75, 3.05) is 31.1 Å². The number of hydrogen-bond donors (Lipinski definition) is 1. The van der Waals surface area contributed by atoms with Gasteiger partial charge in [0.15, 0.2) is 0 Å². The highest BCUT2D eigenvalue weighted by Crippen LogP contribution is 2.15. The summed E-state index contributed by atoms with van der Waals surface area (Å²) in [5.74, 6) is -0.389. The summed E-state index contributed by atoms with van der Waals surface area (Å²) >= 11 is 0. The third-order valence-electron chi connectivity index (χ3n) is 4.41. The minimum absolute atomic E-state index is 0.120. The van der Waals surface area contributed by atoms with Crippen molar-refractivity contribution in [1.29, 1.82) is 0 Å². The number of rotatable bonds is 4. The molecule has 1 N–H and O–H groups in total. The molecule has 1 aromatic heterocycles. The molecule has 2 aromatic rings. The van der Waals surface area contributed by atoms with Crippen LogP contribution in [0.5, 0.6) is 0 Å². The highest BCUT2D eigenvalue weighted by atomic mass is 16.4. The largest absolute Gasteiger partial charge is 0.478 e. The number of aromatic nitrogens is 2. The van der Waals surface area contributed by atoms with Crippen LogP contribution >= 0.6 is 0 Å². The maximum absolute atomic E-state index is 10.9. The van der Waals surface area contributed by atoms with E-state index in [1.165, 1.54) is 23.5 Å². The first-order valence-corrected chi connectivity index (χ1v) is 8.20. The van der Waals surface area contributed by atoms with Gasteiger partial charge in [0.25, 0.3) is 0 Å². The van der Waals surface area contributed by atoms with E-state index in [1.807, 2.05) is 0 Å². The van der Waals surface area contributed by atoms with Crippen molar-refractivity contribution in [3.05, 3.63) is 53.3 Å². The SMILES string of the molecule is Cc1ccccc1CN1CCCN(c2ncc(C(=O)O)cn2)CC1. The zero-order valence-corrected chi connectivity index (χ0v) is 13.9. The van der Waals surface area contributed by atoms with Crippen LogP contribution in [0, 0.1) is 6.92 Å². The third kappa shape index (κ3) is 3.89. The smallest absolute Gasteiger partial charge is 0.338 e. The Labute approximate surface area is 141 Å². The van der Waals surface area contributed by atoms with E-state index in [-0.39, 0.29) is 5.56 Å². The van der Waals surface area contributed by atoms with E-state index in [9.17, 15) is 4.79 Å². The Balaban J connectivity index is 1.62. The van der Waals surface area contributed by atoms with Crippen LogP contribution in [0.3, 0.4) is 0 Å². The summed E-state index contributed by atoms with van der Waals surface area (Å²) in [6.45, 7) is 6.82. The second kappa shape index (κ2) is 7.40. The van der Waals surface area contributed by atoms with Gasteiger partial charge in [-0.3, -0.25) is 4.90 Å². The van der Waals surface area contributed by atoms with Crippen molar-refractivity contribution in [2.45, 2.75) is 19.9 Å². The Morgan fingerprint density at radius 2 is 1.88 bits per heavy atom. The lowest BCUT2D eigenvalue weighted by Gasteiger charge is -2.22. The van der Waals surface area contributed by atoms with Crippen LogP contribution in [0.25, 0.3) is 0 Å². The topological polar surface area (TPSA) is 69.6 Å². The highest BCUT2D eigenvalue weighted by molar-refractivity contribution is 5.86. The van der Waals surface area contributed by atoms with E-state index in [1.54, 1.807) is 0 Å².